The minimum atomic E-state index is -1.09. The second kappa shape index (κ2) is 5.54. The zero-order valence-corrected chi connectivity index (χ0v) is 12.5. The van der Waals surface area contributed by atoms with E-state index in [9.17, 15) is 9.18 Å². The summed E-state index contributed by atoms with van der Waals surface area (Å²) in [6, 6.07) is 13.9. The smallest absolute Gasteiger partial charge is 0.244 e. The van der Waals surface area contributed by atoms with Crippen LogP contribution < -0.4 is 11.1 Å². The van der Waals surface area contributed by atoms with Gasteiger partial charge in [0.1, 0.15) is 11.4 Å². The van der Waals surface area contributed by atoms with Gasteiger partial charge in [0.2, 0.25) is 5.91 Å². The maximum atomic E-state index is 13.3. The molecule has 0 aliphatic heterocycles. The summed E-state index contributed by atoms with van der Waals surface area (Å²) >= 11 is 0. The average Bonchev–Trinajstić information content (AvgIpc) is 2.90. The molecule has 114 valence electrons. The van der Waals surface area contributed by atoms with Gasteiger partial charge in [-0.2, -0.15) is 0 Å². The average molecular weight is 298 g/mol. The first-order valence-corrected chi connectivity index (χ1v) is 7.42. The highest BCUT2D eigenvalue weighted by Crippen LogP contribution is 2.32. The summed E-state index contributed by atoms with van der Waals surface area (Å²) in [5, 5.41) is 3.01. The summed E-state index contributed by atoms with van der Waals surface area (Å²) in [6.45, 7) is 1.71. The molecular formula is C18H19FN2O. The third-order valence-electron chi connectivity index (χ3n) is 4.33. The van der Waals surface area contributed by atoms with Gasteiger partial charge in [0.25, 0.3) is 0 Å². The minimum absolute atomic E-state index is 0.102. The van der Waals surface area contributed by atoms with Crippen molar-refractivity contribution in [3.05, 3.63) is 71.0 Å². The van der Waals surface area contributed by atoms with E-state index in [-0.39, 0.29) is 17.8 Å². The van der Waals surface area contributed by atoms with Crippen LogP contribution in [-0.4, -0.2) is 5.91 Å². The first-order valence-electron chi connectivity index (χ1n) is 7.42. The van der Waals surface area contributed by atoms with Crippen molar-refractivity contribution in [2.24, 2.45) is 5.73 Å². The summed E-state index contributed by atoms with van der Waals surface area (Å²) in [5.41, 5.74) is 7.85. The molecule has 1 amide bonds. The second-order valence-corrected chi connectivity index (χ2v) is 5.98. The van der Waals surface area contributed by atoms with Crippen LogP contribution in [0.4, 0.5) is 4.39 Å². The molecule has 0 radical (unpaired) electrons. The second-order valence-electron chi connectivity index (χ2n) is 5.98. The van der Waals surface area contributed by atoms with Crippen LogP contribution in [0, 0.1) is 5.82 Å². The van der Waals surface area contributed by atoms with Gasteiger partial charge in [0.05, 0.1) is 6.04 Å². The minimum Gasteiger partial charge on any atom is -0.347 e. The van der Waals surface area contributed by atoms with E-state index >= 15 is 0 Å². The first kappa shape index (κ1) is 14.7. The Morgan fingerprint density at radius 2 is 2.00 bits per heavy atom. The Balaban J connectivity index is 1.79. The Morgan fingerprint density at radius 1 is 1.27 bits per heavy atom. The number of halogens is 1. The molecule has 3 N–H and O–H groups in total. The lowest BCUT2D eigenvalue weighted by Crippen LogP contribution is -2.49. The predicted octanol–water partition coefficient (Wildman–Crippen LogP) is 2.80. The van der Waals surface area contributed by atoms with Crippen molar-refractivity contribution in [1.29, 1.82) is 0 Å². The SMILES string of the molecule is CC(N)(C(=O)NC1CCc2cc(F)ccc21)c1ccccc1. The van der Waals surface area contributed by atoms with Crippen molar-refractivity contribution in [2.75, 3.05) is 0 Å². The van der Waals surface area contributed by atoms with Crippen LogP contribution in [0.5, 0.6) is 0 Å². The highest BCUT2D eigenvalue weighted by atomic mass is 19.1. The summed E-state index contributed by atoms with van der Waals surface area (Å²) in [4.78, 5) is 12.6. The number of benzene rings is 2. The molecule has 1 aliphatic carbocycles. The molecular weight excluding hydrogens is 279 g/mol. The van der Waals surface area contributed by atoms with Gasteiger partial charge in [-0.1, -0.05) is 36.4 Å². The van der Waals surface area contributed by atoms with Gasteiger partial charge in [0.15, 0.2) is 0 Å². The third-order valence-corrected chi connectivity index (χ3v) is 4.33. The molecule has 2 aromatic rings. The van der Waals surface area contributed by atoms with Crippen molar-refractivity contribution >= 4 is 5.91 Å². The number of carbonyl (C=O) groups is 1. The molecule has 2 unspecified atom stereocenters. The van der Waals surface area contributed by atoms with Gasteiger partial charge in [-0.15, -0.1) is 0 Å². The summed E-state index contributed by atoms with van der Waals surface area (Å²) in [6.07, 6.45) is 1.54. The van der Waals surface area contributed by atoms with E-state index in [1.165, 1.54) is 6.07 Å². The van der Waals surface area contributed by atoms with Crippen LogP contribution in [0.25, 0.3) is 0 Å². The number of rotatable bonds is 3. The zero-order valence-electron chi connectivity index (χ0n) is 12.5. The van der Waals surface area contributed by atoms with Crippen LogP contribution in [0.1, 0.15) is 36.1 Å². The molecule has 0 saturated carbocycles. The van der Waals surface area contributed by atoms with Crippen molar-refractivity contribution < 1.29 is 9.18 Å². The monoisotopic (exact) mass is 298 g/mol. The standard InChI is InChI=1S/C18H19FN2O/c1-18(20,13-5-3-2-4-6-13)17(22)21-16-10-7-12-11-14(19)8-9-15(12)16/h2-6,8-9,11,16H,7,10,20H2,1H3,(H,21,22). The van der Waals surface area contributed by atoms with E-state index in [1.54, 1.807) is 19.1 Å². The Bertz CT molecular complexity index is 697. The number of hydrogen-bond donors (Lipinski definition) is 2. The van der Waals surface area contributed by atoms with Gasteiger partial charge in [-0.25, -0.2) is 4.39 Å². The molecule has 0 bridgehead atoms. The molecule has 0 spiro atoms. The van der Waals surface area contributed by atoms with Crippen molar-refractivity contribution in [1.82, 2.24) is 5.32 Å². The first-order chi connectivity index (χ1) is 10.5. The van der Waals surface area contributed by atoms with Gasteiger partial charge in [-0.3, -0.25) is 4.79 Å². The summed E-state index contributed by atoms with van der Waals surface area (Å²) in [5.74, 6) is -0.459. The number of nitrogens with two attached hydrogens (primary N) is 1. The Morgan fingerprint density at radius 3 is 2.73 bits per heavy atom. The lowest BCUT2D eigenvalue weighted by molar-refractivity contribution is -0.126. The van der Waals surface area contributed by atoms with E-state index < -0.39 is 5.54 Å². The van der Waals surface area contributed by atoms with Crippen molar-refractivity contribution in [2.45, 2.75) is 31.3 Å². The van der Waals surface area contributed by atoms with Crippen molar-refractivity contribution in [3.8, 4) is 0 Å². The van der Waals surface area contributed by atoms with Gasteiger partial charge in [-0.05, 0) is 48.6 Å². The van der Waals surface area contributed by atoms with E-state index in [0.29, 0.717) is 0 Å². The van der Waals surface area contributed by atoms with Crippen LogP contribution in [0.15, 0.2) is 48.5 Å². The molecule has 3 rings (SSSR count). The molecule has 0 saturated heterocycles. The highest BCUT2D eigenvalue weighted by molar-refractivity contribution is 5.87. The van der Waals surface area contributed by atoms with Gasteiger partial charge >= 0.3 is 0 Å². The van der Waals surface area contributed by atoms with Gasteiger partial charge in [0, 0.05) is 0 Å². The van der Waals surface area contributed by atoms with Crippen LogP contribution >= 0.6 is 0 Å². The molecule has 2 atom stereocenters. The Kier molecular flexibility index (Phi) is 3.71. The van der Waals surface area contributed by atoms with Gasteiger partial charge < -0.3 is 11.1 Å². The number of nitrogens with one attached hydrogen (secondary N) is 1. The van der Waals surface area contributed by atoms with Crippen LogP contribution in [0.3, 0.4) is 0 Å². The maximum absolute atomic E-state index is 13.3. The van der Waals surface area contributed by atoms with E-state index in [2.05, 4.69) is 5.32 Å². The topological polar surface area (TPSA) is 55.1 Å². The maximum Gasteiger partial charge on any atom is 0.244 e. The molecule has 1 aliphatic rings. The number of aryl methyl sites for hydroxylation is 1. The summed E-state index contributed by atoms with van der Waals surface area (Å²) in [7, 11) is 0. The van der Waals surface area contributed by atoms with Crippen LogP contribution in [0.2, 0.25) is 0 Å². The fourth-order valence-corrected chi connectivity index (χ4v) is 2.96. The van der Waals surface area contributed by atoms with E-state index in [4.69, 9.17) is 5.73 Å². The van der Waals surface area contributed by atoms with Crippen molar-refractivity contribution in [3.63, 3.8) is 0 Å². The zero-order chi connectivity index (χ0) is 15.7. The molecule has 0 heterocycles. The quantitative estimate of drug-likeness (QED) is 0.915. The number of amides is 1. The normalized spacial score (nSPS) is 19.3. The summed E-state index contributed by atoms with van der Waals surface area (Å²) < 4.78 is 13.3. The number of hydrogen-bond acceptors (Lipinski definition) is 2. The largest absolute Gasteiger partial charge is 0.347 e. The van der Waals surface area contributed by atoms with E-state index in [1.807, 2.05) is 30.3 Å². The molecule has 4 heteroatoms. The highest BCUT2D eigenvalue weighted by Gasteiger charge is 2.33. The lowest BCUT2D eigenvalue weighted by atomic mass is 9.91. The number of carbonyl (C=O) groups excluding carboxylic acids is 1. The molecule has 2 aromatic carbocycles. The molecule has 0 aromatic heterocycles. The Hall–Kier alpha value is -2.20. The Labute approximate surface area is 129 Å². The van der Waals surface area contributed by atoms with Crippen LogP contribution in [-0.2, 0) is 16.8 Å². The lowest BCUT2D eigenvalue weighted by Gasteiger charge is -2.26. The predicted molar refractivity (Wildman–Crippen MR) is 83.6 cm³/mol. The molecule has 3 nitrogen and oxygen atoms in total. The fraction of sp³-hybridized carbons (Fsp3) is 0.278. The number of fused-ring (bicyclic) bond motifs is 1. The fourth-order valence-electron chi connectivity index (χ4n) is 2.96. The molecule has 22 heavy (non-hydrogen) atoms. The van der Waals surface area contributed by atoms with E-state index in [0.717, 1.165) is 29.5 Å². The third kappa shape index (κ3) is 2.62. The molecule has 0 fully saturated rings.